The maximum Gasteiger partial charge on any atom is 0.422 e. The molecule has 0 aliphatic heterocycles. The van der Waals surface area contributed by atoms with E-state index in [-0.39, 0.29) is 48.7 Å². The molecule has 0 saturated carbocycles. The fraction of sp³-hybridized carbons (Fsp3) is 0.556. The Bertz CT molecular complexity index is 652. The number of rotatable bonds is 8. The van der Waals surface area contributed by atoms with E-state index in [9.17, 15) is 18.0 Å². The first-order valence-corrected chi connectivity index (χ1v) is 8.63. The lowest BCUT2D eigenvalue weighted by Crippen LogP contribution is -2.43. The number of carbonyl (C=O) groups excluding carboxylic acids is 1. The number of nitrogens with one attached hydrogen (secondary N) is 2. The molecule has 0 bridgehead atoms. The predicted octanol–water partition coefficient (Wildman–Crippen LogP) is 3.09. The van der Waals surface area contributed by atoms with Gasteiger partial charge >= 0.3 is 6.18 Å². The minimum atomic E-state index is -4.41. The van der Waals surface area contributed by atoms with Crippen LogP contribution in [0.3, 0.4) is 0 Å². The summed E-state index contributed by atoms with van der Waals surface area (Å²) in [4.78, 5) is 17.5. The number of hydrogen-bond donors (Lipinski definition) is 2. The normalized spacial score (nSPS) is 11.5. The zero-order valence-corrected chi connectivity index (χ0v) is 18.9. The van der Waals surface area contributed by atoms with Crippen molar-refractivity contribution in [2.24, 2.45) is 4.99 Å². The third kappa shape index (κ3) is 10.6. The standard InChI is InChI=1S/C18H27F3N4O2.HI/c1-5-8-22-17(24-11-16(26)25(3)4)23-10-14-7-6-13(2)9-15(14)27-12-18(19,20)21;/h6-7,9H,5,8,10-12H2,1-4H3,(H2,22,23,24);1H. The molecule has 0 saturated heterocycles. The molecule has 1 amide bonds. The molecule has 28 heavy (non-hydrogen) atoms. The second-order valence-corrected chi connectivity index (χ2v) is 6.25. The summed E-state index contributed by atoms with van der Waals surface area (Å²) in [6.07, 6.45) is -3.56. The Labute approximate surface area is 180 Å². The molecule has 10 heteroatoms. The summed E-state index contributed by atoms with van der Waals surface area (Å²) in [6.45, 7) is 3.22. The van der Waals surface area contributed by atoms with Crippen LogP contribution < -0.4 is 15.4 Å². The van der Waals surface area contributed by atoms with Crippen LogP contribution in [0.15, 0.2) is 23.2 Å². The van der Waals surface area contributed by atoms with Gasteiger partial charge in [-0.1, -0.05) is 19.1 Å². The van der Waals surface area contributed by atoms with Gasteiger partial charge in [-0.2, -0.15) is 13.2 Å². The smallest absolute Gasteiger partial charge is 0.422 e. The molecule has 0 aliphatic carbocycles. The number of amides is 1. The zero-order valence-electron chi connectivity index (χ0n) is 16.5. The summed E-state index contributed by atoms with van der Waals surface area (Å²) >= 11 is 0. The van der Waals surface area contributed by atoms with E-state index in [2.05, 4.69) is 15.6 Å². The molecule has 0 heterocycles. The Kier molecular flexibility index (Phi) is 11.9. The second kappa shape index (κ2) is 12.7. The van der Waals surface area contributed by atoms with Crippen molar-refractivity contribution in [2.75, 3.05) is 33.8 Å². The number of likely N-dealkylation sites (N-methyl/N-ethyl adjacent to an activating group) is 1. The Morgan fingerprint density at radius 2 is 1.93 bits per heavy atom. The van der Waals surface area contributed by atoms with Gasteiger partial charge in [0.2, 0.25) is 5.91 Å². The molecular weight excluding hydrogens is 488 g/mol. The molecule has 2 N–H and O–H groups in total. The van der Waals surface area contributed by atoms with Crippen molar-refractivity contribution < 1.29 is 22.7 Å². The third-order valence-corrected chi connectivity index (χ3v) is 3.47. The highest BCUT2D eigenvalue weighted by Crippen LogP contribution is 2.24. The van der Waals surface area contributed by atoms with E-state index < -0.39 is 12.8 Å². The average Bonchev–Trinajstić information content (AvgIpc) is 2.59. The maximum atomic E-state index is 12.5. The lowest BCUT2D eigenvalue weighted by molar-refractivity contribution is -0.153. The minimum absolute atomic E-state index is 0. The molecule has 0 unspecified atom stereocenters. The van der Waals surface area contributed by atoms with Crippen LogP contribution in [0.2, 0.25) is 0 Å². The Morgan fingerprint density at radius 3 is 2.50 bits per heavy atom. The topological polar surface area (TPSA) is 66.0 Å². The van der Waals surface area contributed by atoms with E-state index in [1.54, 1.807) is 39.2 Å². The van der Waals surface area contributed by atoms with Gasteiger partial charge in [0.05, 0.1) is 13.1 Å². The third-order valence-electron chi connectivity index (χ3n) is 3.47. The monoisotopic (exact) mass is 516 g/mol. The summed E-state index contributed by atoms with van der Waals surface area (Å²) in [5.41, 5.74) is 1.32. The van der Waals surface area contributed by atoms with Crippen LogP contribution in [0.4, 0.5) is 13.2 Å². The van der Waals surface area contributed by atoms with Crippen molar-refractivity contribution in [3.05, 3.63) is 29.3 Å². The number of ether oxygens (including phenoxy) is 1. The molecule has 6 nitrogen and oxygen atoms in total. The number of hydrogen-bond acceptors (Lipinski definition) is 3. The van der Waals surface area contributed by atoms with Gasteiger partial charge in [0.1, 0.15) is 5.75 Å². The van der Waals surface area contributed by atoms with Crippen molar-refractivity contribution in [1.82, 2.24) is 15.5 Å². The van der Waals surface area contributed by atoms with Crippen LogP contribution in [0.25, 0.3) is 0 Å². The molecule has 1 aromatic carbocycles. The molecule has 160 valence electrons. The first-order valence-electron chi connectivity index (χ1n) is 8.63. The van der Waals surface area contributed by atoms with Gasteiger partial charge in [-0.15, -0.1) is 24.0 Å². The number of guanidine groups is 1. The number of nitrogens with zero attached hydrogens (tertiary/aromatic N) is 2. The molecule has 0 aliphatic rings. The van der Waals surface area contributed by atoms with Crippen molar-refractivity contribution in [1.29, 1.82) is 0 Å². The molecular formula is C18H28F3IN4O2. The minimum Gasteiger partial charge on any atom is -0.484 e. The van der Waals surface area contributed by atoms with Gasteiger partial charge in [0.25, 0.3) is 0 Å². The van der Waals surface area contributed by atoms with Gasteiger partial charge in [-0.05, 0) is 25.0 Å². The highest BCUT2D eigenvalue weighted by molar-refractivity contribution is 14.0. The molecule has 0 aromatic heterocycles. The Morgan fingerprint density at radius 1 is 1.25 bits per heavy atom. The van der Waals surface area contributed by atoms with Crippen molar-refractivity contribution >= 4 is 35.8 Å². The van der Waals surface area contributed by atoms with E-state index >= 15 is 0 Å². The number of benzene rings is 1. The fourth-order valence-electron chi connectivity index (χ4n) is 1.99. The number of carbonyl (C=O) groups is 1. The summed E-state index contributed by atoms with van der Waals surface area (Å²) in [5, 5.41) is 5.99. The molecule has 0 atom stereocenters. The van der Waals surface area contributed by atoms with Crippen LogP contribution in [-0.4, -0.2) is 56.7 Å². The van der Waals surface area contributed by atoms with E-state index in [0.717, 1.165) is 12.0 Å². The molecule has 0 radical (unpaired) electrons. The van der Waals surface area contributed by atoms with Gasteiger partial charge < -0.3 is 20.3 Å². The highest BCUT2D eigenvalue weighted by atomic mass is 127. The van der Waals surface area contributed by atoms with Crippen LogP contribution in [-0.2, 0) is 11.3 Å². The van der Waals surface area contributed by atoms with E-state index in [1.165, 1.54) is 4.90 Å². The Hall–Kier alpha value is -1.72. The van der Waals surface area contributed by atoms with E-state index in [1.807, 2.05) is 6.92 Å². The van der Waals surface area contributed by atoms with E-state index in [0.29, 0.717) is 18.1 Å². The average molecular weight is 516 g/mol. The van der Waals surface area contributed by atoms with Crippen molar-refractivity contribution in [3.8, 4) is 5.75 Å². The lowest BCUT2D eigenvalue weighted by atomic mass is 10.1. The Balaban J connectivity index is 0.00000729. The number of aryl methyl sites for hydroxylation is 1. The largest absolute Gasteiger partial charge is 0.484 e. The number of alkyl halides is 3. The molecule has 0 fully saturated rings. The summed E-state index contributed by atoms with van der Waals surface area (Å²) in [7, 11) is 3.30. The number of aliphatic imine (C=N–C) groups is 1. The predicted molar refractivity (Wildman–Crippen MR) is 114 cm³/mol. The molecule has 0 spiro atoms. The molecule has 1 rings (SSSR count). The first kappa shape index (κ1) is 26.3. The quantitative estimate of drug-likeness (QED) is 0.317. The van der Waals surface area contributed by atoms with Gasteiger partial charge in [0.15, 0.2) is 12.6 Å². The highest BCUT2D eigenvalue weighted by Gasteiger charge is 2.28. The summed E-state index contributed by atoms with van der Waals surface area (Å²) in [5.74, 6) is 0.440. The van der Waals surface area contributed by atoms with Gasteiger partial charge in [-0.25, -0.2) is 4.99 Å². The van der Waals surface area contributed by atoms with Gasteiger partial charge in [-0.3, -0.25) is 4.79 Å². The lowest BCUT2D eigenvalue weighted by Gasteiger charge is -2.16. The van der Waals surface area contributed by atoms with Crippen LogP contribution in [0.1, 0.15) is 24.5 Å². The maximum absolute atomic E-state index is 12.5. The van der Waals surface area contributed by atoms with Gasteiger partial charge in [0, 0.05) is 26.2 Å². The SMILES string of the molecule is CCCNC(=NCc1ccc(C)cc1OCC(F)(F)F)NCC(=O)N(C)C.I. The molecule has 1 aromatic rings. The number of halogens is 4. The zero-order chi connectivity index (χ0) is 20.4. The van der Waals surface area contributed by atoms with Crippen LogP contribution in [0.5, 0.6) is 5.75 Å². The second-order valence-electron chi connectivity index (χ2n) is 6.25. The first-order chi connectivity index (χ1) is 12.6. The van der Waals surface area contributed by atoms with Crippen molar-refractivity contribution in [3.63, 3.8) is 0 Å². The van der Waals surface area contributed by atoms with E-state index in [4.69, 9.17) is 4.74 Å². The van der Waals surface area contributed by atoms with Crippen molar-refractivity contribution in [2.45, 2.75) is 33.0 Å². The summed E-state index contributed by atoms with van der Waals surface area (Å²) in [6, 6.07) is 5.03. The fourth-order valence-corrected chi connectivity index (χ4v) is 1.99. The van der Waals surface area contributed by atoms with Crippen LogP contribution in [0, 0.1) is 6.92 Å². The summed E-state index contributed by atoms with van der Waals surface area (Å²) < 4.78 is 42.3. The van der Waals surface area contributed by atoms with Crippen LogP contribution >= 0.6 is 24.0 Å².